The Morgan fingerprint density at radius 1 is 0.750 bits per heavy atom. The molecule has 0 aromatic heterocycles. The van der Waals surface area contributed by atoms with Crippen molar-refractivity contribution in [2.75, 3.05) is 0 Å². The Labute approximate surface area is 117 Å². The molecule has 0 aliphatic heterocycles. The van der Waals surface area contributed by atoms with Crippen molar-refractivity contribution in [2.24, 2.45) is 0 Å². The van der Waals surface area contributed by atoms with E-state index in [1.54, 1.807) is 0 Å². The van der Waals surface area contributed by atoms with Gasteiger partial charge in [-0.05, 0) is 0 Å². The Bertz CT molecular complexity index is 108. The molecular formula is C13H28N2Pt. The SMILES string of the molecule is C[C-](C)C.C[C-](C)C.[NH-]C1CCCC1[NH-].[Pt+4]. The second kappa shape index (κ2) is 13.7. The van der Waals surface area contributed by atoms with Crippen LogP contribution in [0.5, 0.6) is 0 Å². The van der Waals surface area contributed by atoms with Crippen LogP contribution in [0.2, 0.25) is 0 Å². The van der Waals surface area contributed by atoms with Crippen molar-refractivity contribution in [3.63, 3.8) is 0 Å². The van der Waals surface area contributed by atoms with Gasteiger partial charge in [0.05, 0.1) is 0 Å². The van der Waals surface area contributed by atoms with Gasteiger partial charge in [0.1, 0.15) is 0 Å². The summed E-state index contributed by atoms with van der Waals surface area (Å²) in [7, 11) is 0. The summed E-state index contributed by atoms with van der Waals surface area (Å²) < 4.78 is 0. The van der Waals surface area contributed by atoms with E-state index in [4.69, 9.17) is 11.5 Å². The first-order valence-corrected chi connectivity index (χ1v) is 5.73. The van der Waals surface area contributed by atoms with Crippen molar-refractivity contribution >= 4 is 0 Å². The maximum Gasteiger partial charge on any atom is 4.00 e. The summed E-state index contributed by atoms with van der Waals surface area (Å²) in [6.45, 7) is 12.5. The van der Waals surface area contributed by atoms with Crippen LogP contribution in [-0.4, -0.2) is 12.1 Å². The van der Waals surface area contributed by atoms with E-state index in [9.17, 15) is 0 Å². The van der Waals surface area contributed by atoms with E-state index in [0.717, 1.165) is 19.3 Å². The third-order valence-corrected chi connectivity index (χ3v) is 1.52. The molecule has 1 saturated carbocycles. The van der Waals surface area contributed by atoms with Crippen LogP contribution in [0.1, 0.15) is 60.8 Å². The molecule has 2 N–H and O–H groups in total. The van der Waals surface area contributed by atoms with Crippen LogP contribution in [0.15, 0.2) is 0 Å². The summed E-state index contributed by atoms with van der Waals surface area (Å²) in [6, 6.07) is -0.139. The largest absolute Gasteiger partial charge is 4.00 e. The van der Waals surface area contributed by atoms with Crippen LogP contribution in [-0.2, 0) is 21.1 Å². The molecular weight excluding hydrogens is 379 g/mol. The van der Waals surface area contributed by atoms with Gasteiger partial charge >= 0.3 is 21.1 Å². The average Bonchev–Trinajstić information content (AvgIpc) is 2.33. The molecule has 0 saturated heterocycles. The van der Waals surface area contributed by atoms with E-state index in [-0.39, 0.29) is 33.1 Å². The van der Waals surface area contributed by atoms with E-state index in [0.29, 0.717) is 0 Å². The van der Waals surface area contributed by atoms with Gasteiger partial charge in [0, 0.05) is 0 Å². The molecule has 0 aromatic rings. The first-order chi connectivity index (χ1) is 6.77. The Balaban J connectivity index is -0.000000166. The fraction of sp³-hybridized carbons (Fsp3) is 0.846. The minimum absolute atomic E-state index is 0. The van der Waals surface area contributed by atoms with Crippen molar-refractivity contribution < 1.29 is 21.1 Å². The number of hydrogen-bond acceptors (Lipinski definition) is 0. The molecule has 0 radical (unpaired) electrons. The third kappa shape index (κ3) is 24.0. The summed E-state index contributed by atoms with van der Waals surface area (Å²) in [4.78, 5) is 0. The van der Waals surface area contributed by atoms with Crippen molar-refractivity contribution in [2.45, 2.75) is 72.9 Å². The molecule has 16 heavy (non-hydrogen) atoms. The van der Waals surface area contributed by atoms with E-state index < -0.39 is 0 Å². The van der Waals surface area contributed by atoms with Gasteiger partial charge < -0.3 is 23.3 Å². The summed E-state index contributed by atoms with van der Waals surface area (Å²) in [5.41, 5.74) is 14.3. The van der Waals surface area contributed by atoms with E-state index in [1.807, 2.05) is 0 Å². The molecule has 100 valence electrons. The molecule has 2 nitrogen and oxygen atoms in total. The predicted molar refractivity (Wildman–Crippen MR) is 70.6 cm³/mol. The Hall–Kier alpha value is 0.608. The molecule has 0 spiro atoms. The van der Waals surface area contributed by atoms with Gasteiger partial charge in [-0.3, -0.25) is 0 Å². The minimum atomic E-state index is -0.0694. The van der Waals surface area contributed by atoms with E-state index in [2.05, 4.69) is 41.5 Å². The van der Waals surface area contributed by atoms with Crippen LogP contribution in [0, 0.1) is 11.8 Å². The number of hydrogen-bond donors (Lipinski definition) is 0. The van der Waals surface area contributed by atoms with Crippen LogP contribution in [0.25, 0.3) is 11.5 Å². The zero-order valence-electron chi connectivity index (χ0n) is 11.6. The molecule has 0 amide bonds. The van der Waals surface area contributed by atoms with Gasteiger partial charge in [0.25, 0.3) is 0 Å². The summed E-state index contributed by atoms with van der Waals surface area (Å²) in [5.74, 6) is 2.83. The molecule has 3 heteroatoms. The summed E-state index contributed by atoms with van der Waals surface area (Å²) in [5, 5.41) is 0. The fourth-order valence-corrected chi connectivity index (χ4v) is 0.960. The van der Waals surface area contributed by atoms with Gasteiger partial charge in [-0.15, -0.1) is 0 Å². The van der Waals surface area contributed by atoms with Gasteiger partial charge in [0.2, 0.25) is 0 Å². The number of rotatable bonds is 0. The van der Waals surface area contributed by atoms with E-state index in [1.165, 1.54) is 11.8 Å². The average molecular weight is 407 g/mol. The molecule has 0 bridgehead atoms. The fourth-order valence-electron chi connectivity index (χ4n) is 0.960. The second-order valence-electron chi connectivity index (χ2n) is 5.14. The minimum Gasteiger partial charge on any atom is -0.676 e. The molecule has 1 aliphatic carbocycles. The van der Waals surface area contributed by atoms with E-state index >= 15 is 0 Å². The summed E-state index contributed by atoms with van der Waals surface area (Å²) in [6.07, 6.45) is 3.00. The van der Waals surface area contributed by atoms with Crippen molar-refractivity contribution in [3.8, 4) is 0 Å². The smallest absolute Gasteiger partial charge is 0.676 e. The quantitative estimate of drug-likeness (QED) is 0.493. The summed E-state index contributed by atoms with van der Waals surface area (Å²) >= 11 is 0. The van der Waals surface area contributed by atoms with Gasteiger partial charge in [0.15, 0.2) is 0 Å². The van der Waals surface area contributed by atoms with Crippen molar-refractivity contribution in [1.82, 2.24) is 0 Å². The normalized spacial score (nSPS) is 22.9. The Kier molecular flexibility index (Phi) is 18.7. The number of nitrogens with one attached hydrogen (secondary N) is 2. The van der Waals surface area contributed by atoms with Crippen molar-refractivity contribution in [3.05, 3.63) is 23.3 Å². The first-order valence-electron chi connectivity index (χ1n) is 5.73. The zero-order valence-corrected chi connectivity index (χ0v) is 13.9. The van der Waals surface area contributed by atoms with Crippen molar-refractivity contribution in [1.29, 1.82) is 0 Å². The molecule has 1 aliphatic rings. The third-order valence-electron chi connectivity index (χ3n) is 1.52. The van der Waals surface area contributed by atoms with Crippen LogP contribution < -0.4 is 0 Å². The van der Waals surface area contributed by atoms with Crippen LogP contribution in [0.3, 0.4) is 0 Å². The van der Waals surface area contributed by atoms with Gasteiger partial charge in [-0.25, -0.2) is 0 Å². The van der Waals surface area contributed by atoms with Crippen LogP contribution in [0.4, 0.5) is 0 Å². The second-order valence-corrected chi connectivity index (χ2v) is 5.14. The Morgan fingerprint density at radius 2 is 0.938 bits per heavy atom. The van der Waals surface area contributed by atoms with Crippen LogP contribution >= 0.6 is 0 Å². The zero-order chi connectivity index (χ0) is 12.4. The molecule has 1 fully saturated rings. The predicted octanol–water partition coefficient (Wildman–Crippen LogP) is 5.25. The first kappa shape index (κ1) is 21.8. The maximum atomic E-state index is 7.15. The van der Waals surface area contributed by atoms with Gasteiger partial charge in [-0.1, -0.05) is 19.3 Å². The molecule has 0 heterocycles. The molecule has 1 rings (SSSR count). The van der Waals surface area contributed by atoms with Gasteiger partial charge in [-0.2, -0.15) is 53.6 Å². The molecule has 0 aromatic carbocycles. The maximum absolute atomic E-state index is 7.15. The Morgan fingerprint density at radius 3 is 1.00 bits per heavy atom. The molecule has 2 atom stereocenters. The molecule has 2 unspecified atom stereocenters. The monoisotopic (exact) mass is 407 g/mol. The topological polar surface area (TPSA) is 47.6 Å². The standard InChI is InChI=1S/C5H10N2.2C4H9.Pt/c6-4-2-1-3-5(4)7;2*1-4(2)3;/h4-7H,1-3H2;2*1-3H3;/q-2;2*-1;+4.